The van der Waals surface area contributed by atoms with Gasteiger partial charge in [0.2, 0.25) is 5.88 Å². The molecule has 7 nitrogen and oxygen atoms in total. The number of alkyl halides is 2. The van der Waals surface area contributed by atoms with Crippen LogP contribution in [-0.2, 0) is 0 Å². The number of aromatic nitrogens is 1. The molecule has 0 aliphatic carbocycles. The van der Waals surface area contributed by atoms with Crippen molar-refractivity contribution in [1.29, 1.82) is 0 Å². The predicted molar refractivity (Wildman–Crippen MR) is 68.7 cm³/mol. The van der Waals surface area contributed by atoms with Crippen molar-refractivity contribution in [2.45, 2.75) is 6.43 Å². The van der Waals surface area contributed by atoms with Gasteiger partial charge in [0.1, 0.15) is 11.3 Å². The van der Waals surface area contributed by atoms with Gasteiger partial charge in [-0.25, -0.2) is 23.4 Å². The zero-order valence-electron chi connectivity index (χ0n) is 11.5. The molecule has 2 N–H and O–H groups in total. The number of aromatic carboxylic acids is 1. The lowest BCUT2D eigenvalue weighted by molar-refractivity contribution is 0.0691. The van der Waals surface area contributed by atoms with Crippen LogP contribution in [0, 0.1) is 0 Å². The molecule has 0 bridgehead atoms. The van der Waals surface area contributed by atoms with E-state index in [1.54, 1.807) is 7.05 Å². The number of pyridine rings is 1. The summed E-state index contributed by atoms with van der Waals surface area (Å²) in [6, 6.07) is 1.79. The number of carbonyl (C=O) groups excluding carboxylic acids is 1. The lowest BCUT2D eigenvalue weighted by atomic mass is 10.2. The molecule has 0 saturated heterocycles. The largest absolute Gasteiger partial charge is 0.477 e. The van der Waals surface area contributed by atoms with Gasteiger partial charge in [0, 0.05) is 20.1 Å². The highest BCUT2D eigenvalue weighted by Gasteiger charge is 2.21. The molecule has 1 heterocycles. The van der Waals surface area contributed by atoms with Crippen LogP contribution in [0.5, 0.6) is 5.88 Å². The van der Waals surface area contributed by atoms with Crippen molar-refractivity contribution in [3.8, 4) is 5.88 Å². The average Bonchev–Trinajstić information content (AvgIpc) is 2.44. The zero-order chi connectivity index (χ0) is 16.0. The predicted octanol–water partition coefficient (Wildman–Crippen LogP) is 1.37. The number of nitrogens with zero attached hydrogens (tertiary/aromatic N) is 2. The number of carboxylic acid groups (broad SMARTS) is 1. The van der Waals surface area contributed by atoms with E-state index in [9.17, 15) is 18.4 Å². The number of hydrogen-bond donors (Lipinski definition) is 2. The fraction of sp³-hybridized carbons (Fsp3) is 0.417. The van der Waals surface area contributed by atoms with E-state index >= 15 is 0 Å². The third-order valence-corrected chi connectivity index (χ3v) is 2.53. The molecule has 116 valence electrons. The van der Waals surface area contributed by atoms with E-state index in [4.69, 9.17) is 9.84 Å². The molecule has 0 aliphatic heterocycles. The van der Waals surface area contributed by atoms with Crippen LogP contribution < -0.4 is 10.1 Å². The highest BCUT2D eigenvalue weighted by Crippen LogP contribution is 2.23. The second kappa shape index (κ2) is 7.48. The summed E-state index contributed by atoms with van der Waals surface area (Å²) in [5.41, 5.74) is -1.13. The van der Waals surface area contributed by atoms with Crippen molar-refractivity contribution in [1.82, 2.24) is 15.2 Å². The van der Waals surface area contributed by atoms with Crippen molar-refractivity contribution in [3.63, 3.8) is 0 Å². The number of hydrogen-bond acceptors (Lipinski definition) is 5. The second-order valence-electron chi connectivity index (χ2n) is 4.09. The molecular weight excluding hydrogens is 288 g/mol. The summed E-state index contributed by atoms with van der Waals surface area (Å²) in [4.78, 5) is 27.3. The molecule has 0 atom stereocenters. The molecule has 0 fully saturated rings. The first-order valence-corrected chi connectivity index (χ1v) is 5.96. The fourth-order valence-corrected chi connectivity index (χ4v) is 1.35. The molecule has 0 aromatic carbocycles. The lowest BCUT2D eigenvalue weighted by Gasteiger charge is -2.17. The van der Waals surface area contributed by atoms with Gasteiger partial charge in [-0.05, 0) is 19.2 Å². The minimum atomic E-state index is -2.90. The Labute approximate surface area is 119 Å². The van der Waals surface area contributed by atoms with Crippen molar-refractivity contribution in [2.24, 2.45) is 0 Å². The summed E-state index contributed by atoms with van der Waals surface area (Å²) >= 11 is 0. The maximum Gasteiger partial charge on any atom is 0.416 e. The van der Waals surface area contributed by atoms with Gasteiger partial charge in [-0.1, -0.05) is 0 Å². The lowest BCUT2D eigenvalue weighted by Crippen LogP contribution is -2.35. The van der Waals surface area contributed by atoms with Crippen LogP contribution in [0.15, 0.2) is 12.1 Å². The Morgan fingerprint density at radius 2 is 2.14 bits per heavy atom. The van der Waals surface area contributed by atoms with Crippen LogP contribution in [0.3, 0.4) is 0 Å². The van der Waals surface area contributed by atoms with E-state index in [1.165, 1.54) is 11.9 Å². The Kier molecular flexibility index (Phi) is 5.97. The summed E-state index contributed by atoms with van der Waals surface area (Å²) < 4.78 is 29.9. The Morgan fingerprint density at radius 1 is 1.48 bits per heavy atom. The minimum Gasteiger partial charge on any atom is -0.477 e. The van der Waals surface area contributed by atoms with Crippen LogP contribution >= 0.6 is 0 Å². The van der Waals surface area contributed by atoms with Gasteiger partial charge in [-0.2, -0.15) is 0 Å². The smallest absolute Gasteiger partial charge is 0.416 e. The van der Waals surface area contributed by atoms with E-state index in [0.717, 1.165) is 12.1 Å². The van der Waals surface area contributed by atoms with E-state index in [-0.39, 0.29) is 0 Å². The first-order valence-electron chi connectivity index (χ1n) is 5.96. The SMILES string of the molecule is CNCCN(C)C(=O)Oc1nc(C(F)F)ccc1C(=O)O. The van der Waals surface area contributed by atoms with Crippen LogP contribution in [0.1, 0.15) is 22.5 Å². The number of halogens is 2. The standard InChI is InChI=1S/C12H15F2N3O4/c1-15-5-6-17(2)12(20)21-10-7(11(18)19)3-4-8(16-10)9(13)14/h3-4,9,15H,5-6H2,1-2H3,(H,18,19). The number of nitrogens with one attached hydrogen (secondary N) is 1. The van der Waals surface area contributed by atoms with Crippen LogP contribution in [-0.4, -0.2) is 54.2 Å². The Bertz CT molecular complexity index is 525. The molecule has 1 rings (SSSR count). The Hall–Kier alpha value is -2.29. The molecule has 0 saturated carbocycles. The van der Waals surface area contributed by atoms with E-state index in [1.807, 2.05) is 0 Å². The quantitative estimate of drug-likeness (QED) is 0.824. The first-order chi connectivity index (χ1) is 9.86. The van der Waals surface area contributed by atoms with Crippen LogP contribution in [0.2, 0.25) is 0 Å². The number of carbonyl (C=O) groups is 2. The monoisotopic (exact) mass is 303 g/mol. The summed E-state index contributed by atoms with van der Waals surface area (Å²) in [6.45, 7) is 0.786. The van der Waals surface area contributed by atoms with Gasteiger partial charge in [0.25, 0.3) is 6.43 Å². The first kappa shape index (κ1) is 16.8. The van der Waals surface area contributed by atoms with Gasteiger partial charge in [-0.15, -0.1) is 0 Å². The zero-order valence-corrected chi connectivity index (χ0v) is 11.5. The molecule has 1 aromatic rings. The molecule has 0 radical (unpaired) electrons. The second-order valence-corrected chi connectivity index (χ2v) is 4.09. The van der Waals surface area contributed by atoms with Crippen molar-refractivity contribution in [2.75, 3.05) is 27.2 Å². The average molecular weight is 303 g/mol. The van der Waals surface area contributed by atoms with E-state index < -0.39 is 35.6 Å². The number of carboxylic acids is 1. The van der Waals surface area contributed by atoms with Gasteiger partial charge >= 0.3 is 12.1 Å². The molecule has 21 heavy (non-hydrogen) atoms. The van der Waals surface area contributed by atoms with Gasteiger partial charge in [-0.3, -0.25) is 0 Å². The highest BCUT2D eigenvalue weighted by atomic mass is 19.3. The van der Waals surface area contributed by atoms with E-state index in [2.05, 4.69) is 10.3 Å². The van der Waals surface area contributed by atoms with E-state index in [0.29, 0.717) is 13.1 Å². The summed E-state index contributed by atoms with van der Waals surface area (Å²) in [7, 11) is 3.12. The number of amides is 1. The summed E-state index contributed by atoms with van der Waals surface area (Å²) in [5.74, 6) is -2.08. The molecule has 1 aromatic heterocycles. The molecule has 0 unspecified atom stereocenters. The summed E-state index contributed by atoms with van der Waals surface area (Å²) in [5, 5.41) is 11.8. The number of rotatable bonds is 6. The minimum absolute atomic E-state index is 0.298. The highest BCUT2D eigenvalue weighted by molar-refractivity contribution is 5.91. The maximum absolute atomic E-state index is 12.6. The molecule has 1 amide bonds. The topological polar surface area (TPSA) is 91.8 Å². The molecule has 0 spiro atoms. The summed E-state index contributed by atoms with van der Waals surface area (Å²) in [6.07, 6.45) is -3.78. The van der Waals surface area contributed by atoms with Crippen LogP contribution in [0.25, 0.3) is 0 Å². The fourth-order valence-electron chi connectivity index (χ4n) is 1.35. The third kappa shape index (κ3) is 4.63. The normalized spacial score (nSPS) is 10.5. The van der Waals surface area contributed by atoms with Gasteiger partial charge in [0.05, 0.1) is 0 Å². The Morgan fingerprint density at radius 3 is 2.67 bits per heavy atom. The van der Waals surface area contributed by atoms with Crippen molar-refractivity contribution >= 4 is 12.1 Å². The third-order valence-electron chi connectivity index (χ3n) is 2.53. The number of likely N-dealkylation sites (N-methyl/N-ethyl adjacent to an activating group) is 2. The van der Waals surface area contributed by atoms with Crippen LogP contribution in [0.4, 0.5) is 13.6 Å². The number of ether oxygens (including phenoxy) is 1. The molecule has 9 heteroatoms. The van der Waals surface area contributed by atoms with Crippen molar-refractivity contribution < 1.29 is 28.2 Å². The maximum atomic E-state index is 12.6. The van der Waals surface area contributed by atoms with Gasteiger partial charge in [0.15, 0.2) is 0 Å². The van der Waals surface area contributed by atoms with Gasteiger partial charge < -0.3 is 20.1 Å². The van der Waals surface area contributed by atoms with Crippen molar-refractivity contribution in [3.05, 3.63) is 23.4 Å². The molecule has 0 aliphatic rings. The Balaban J connectivity index is 2.96. The molecular formula is C12H15F2N3O4.